The van der Waals surface area contributed by atoms with Crippen molar-refractivity contribution < 1.29 is 5.21 Å². The highest BCUT2D eigenvalue weighted by Gasteiger charge is 2.49. The maximum Gasteiger partial charge on any atom is 0.0832 e. The number of fused-ring (bicyclic) bond motifs is 4. The molecule has 2 fully saturated rings. The molecule has 0 saturated heterocycles. The minimum atomic E-state index is 0.203. The lowest BCUT2D eigenvalue weighted by atomic mass is 9.90. The molecule has 2 saturated carbocycles. The molecule has 0 spiro atoms. The van der Waals surface area contributed by atoms with E-state index in [4.69, 9.17) is 0 Å². The third-order valence-electron chi connectivity index (χ3n) is 6.20. The predicted octanol–water partition coefficient (Wildman–Crippen LogP) is 4.55. The van der Waals surface area contributed by atoms with Crippen LogP contribution in [0, 0.1) is 11.8 Å². The van der Waals surface area contributed by atoms with Crippen molar-refractivity contribution in [3.8, 4) is 0 Å². The van der Waals surface area contributed by atoms with Crippen LogP contribution in [0.3, 0.4) is 0 Å². The Balaban J connectivity index is 1.72. The summed E-state index contributed by atoms with van der Waals surface area (Å²) in [7, 11) is 0. The second-order valence-corrected chi connectivity index (χ2v) is 7.37. The van der Waals surface area contributed by atoms with Crippen molar-refractivity contribution in [2.45, 2.75) is 38.1 Å². The lowest BCUT2D eigenvalue weighted by Crippen LogP contribution is -2.42. The smallest absolute Gasteiger partial charge is 0.0832 e. The van der Waals surface area contributed by atoms with Crippen LogP contribution in [0.1, 0.15) is 30.4 Å². The van der Waals surface area contributed by atoms with Crippen LogP contribution < -0.4 is 4.90 Å². The van der Waals surface area contributed by atoms with Gasteiger partial charge >= 0.3 is 0 Å². The van der Waals surface area contributed by atoms with E-state index in [1.54, 1.807) is 0 Å². The Bertz CT molecular complexity index is 765. The van der Waals surface area contributed by atoms with E-state index in [1.165, 1.54) is 41.8 Å². The topological polar surface area (TPSA) is 35.8 Å². The first kappa shape index (κ1) is 14.1. The molecule has 24 heavy (non-hydrogen) atoms. The van der Waals surface area contributed by atoms with Gasteiger partial charge in [-0.1, -0.05) is 41.6 Å². The zero-order valence-electron chi connectivity index (χ0n) is 13.7. The normalized spacial score (nSPS) is 29.4. The summed E-state index contributed by atoms with van der Waals surface area (Å²) in [5, 5.41) is 13.5. The van der Waals surface area contributed by atoms with Gasteiger partial charge in [0.15, 0.2) is 0 Å². The van der Waals surface area contributed by atoms with Crippen LogP contribution in [-0.4, -0.2) is 17.0 Å². The van der Waals surface area contributed by atoms with Crippen LogP contribution in [0.25, 0.3) is 0 Å². The summed E-state index contributed by atoms with van der Waals surface area (Å²) in [4.78, 5) is 2.48. The van der Waals surface area contributed by atoms with Gasteiger partial charge in [0.05, 0.1) is 11.8 Å². The molecule has 2 bridgehead atoms. The molecule has 3 nitrogen and oxygen atoms in total. The highest BCUT2D eigenvalue weighted by Crippen LogP contribution is 2.49. The summed E-state index contributed by atoms with van der Waals surface area (Å²) in [6.07, 6.45) is 5.73. The molecular formula is C21H22N2O. The zero-order valence-corrected chi connectivity index (χ0v) is 13.7. The molecular weight excluding hydrogens is 296 g/mol. The predicted molar refractivity (Wildman–Crippen MR) is 96.3 cm³/mol. The van der Waals surface area contributed by atoms with E-state index in [9.17, 15) is 5.21 Å². The molecule has 3 heteroatoms. The largest absolute Gasteiger partial charge is 0.411 e. The molecule has 1 heterocycles. The molecule has 3 atom stereocenters. The quantitative estimate of drug-likeness (QED) is 0.618. The Morgan fingerprint density at radius 1 is 0.875 bits per heavy atom. The molecule has 0 unspecified atom stereocenters. The number of hydrogen-bond acceptors (Lipinski definition) is 3. The summed E-state index contributed by atoms with van der Waals surface area (Å²) in [6, 6.07) is 17.7. The van der Waals surface area contributed by atoms with Crippen molar-refractivity contribution in [3.05, 3.63) is 59.7 Å². The number of para-hydroxylation sites is 2. The molecule has 2 aromatic carbocycles. The fourth-order valence-corrected chi connectivity index (χ4v) is 5.15. The summed E-state index contributed by atoms with van der Waals surface area (Å²) in [5.41, 5.74) is 6.38. The van der Waals surface area contributed by atoms with Gasteiger partial charge in [-0.05, 0) is 61.3 Å². The van der Waals surface area contributed by atoms with Gasteiger partial charge in [0, 0.05) is 17.3 Å². The van der Waals surface area contributed by atoms with Crippen molar-refractivity contribution in [2.24, 2.45) is 17.0 Å². The molecule has 0 amide bonds. The molecule has 1 aliphatic heterocycles. The summed E-state index contributed by atoms with van der Waals surface area (Å²) in [6.45, 7) is 0. The molecule has 0 radical (unpaired) electrons. The van der Waals surface area contributed by atoms with E-state index < -0.39 is 0 Å². The van der Waals surface area contributed by atoms with Gasteiger partial charge in [-0.15, -0.1) is 0 Å². The maximum atomic E-state index is 9.72. The zero-order chi connectivity index (χ0) is 16.1. The lowest BCUT2D eigenvalue weighted by Gasteiger charge is -2.37. The van der Waals surface area contributed by atoms with Crippen LogP contribution >= 0.6 is 0 Å². The lowest BCUT2D eigenvalue weighted by molar-refractivity contribution is 0.311. The molecule has 2 aliphatic carbocycles. The Kier molecular flexibility index (Phi) is 3.15. The van der Waals surface area contributed by atoms with Gasteiger partial charge in [0.1, 0.15) is 0 Å². The average molecular weight is 318 g/mol. The number of oxime groups is 1. The third-order valence-corrected chi connectivity index (χ3v) is 6.20. The van der Waals surface area contributed by atoms with Crippen molar-refractivity contribution in [1.82, 2.24) is 0 Å². The summed E-state index contributed by atoms with van der Waals surface area (Å²) in [5.74, 6) is 1.06. The average Bonchev–Trinajstić information content (AvgIpc) is 3.19. The van der Waals surface area contributed by atoms with Crippen LogP contribution in [-0.2, 0) is 12.8 Å². The van der Waals surface area contributed by atoms with E-state index in [-0.39, 0.29) is 6.04 Å². The second-order valence-electron chi connectivity index (χ2n) is 7.37. The number of anilines is 2. The van der Waals surface area contributed by atoms with Gasteiger partial charge in [0.25, 0.3) is 0 Å². The SMILES string of the molecule is O/N=C1/[C@H]2CC[C@H](C2)[C@@H]1N1c2ccccc2CCc2ccccc21. The molecule has 3 aliphatic rings. The number of hydrogen-bond donors (Lipinski definition) is 1. The van der Waals surface area contributed by atoms with Crippen LogP contribution in [0.15, 0.2) is 53.7 Å². The van der Waals surface area contributed by atoms with Gasteiger partial charge in [-0.25, -0.2) is 0 Å². The summed E-state index contributed by atoms with van der Waals surface area (Å²) >= 11 is 0. The van der Waals surface area contributed by atoms with Crippen molar-refractivity contribution in [3.63, 3.8) is 0 Å². The molecule has 2 aromatic rings. The Hall–Kier alpha value is -2.29. The Labute approximate surface area is 142 Å². The van der Waals surface area contributed by atoms with E-state index in [1.807, 2.05) is 0 Å². The minimum absolute atomic E-state index is 0.203. The van der Waals surface area contributed by atoms with Crippen LogP contribution in [0.2, 0.25) is 0 Å². The van der Waals surface area contributed by atoms with E-state index in [0.717, 1.165) is 18.6 Å². The highest BCUT2D eigenvalue weighted by atomic mass is 16.4. The number of rotatable bonds is 1. The number of aryl methyl sites for hydroxylation is 2. The van der Waals surface area contributed by atoms with Crippen molar-refractivity contribution in [1.29, 1.82) is 0 Å². The van der Waals surface area contributed by atoms with Gasteiger partial charge in [-0.2, -0.15) is 0 Å². The Morgan fingerprint density at radius 3 is 2.12 bits per heavy atom. The van der Waals surface area contributed by atoms with Gasteiger partial charge in [0.2, 0.25) is 0 Å². The number of nitrogens with zero attached hydrogens (tertiary/aromatic N) is 2. The molecule has 122 valence electrons. The van der Waals surface area contributed by atoms with Gasteiger partial charge in [-0.3, -0.25) is 0 Å². The second kappa shape index (κ2) is 5.37. The van der Waals surface area contributed by atoms with Crippen LogP contribution in [0.5, 0.6) is 0 Å². The summed E-state index contributed by atoms with van der Waals surface area (Å²) < 4.78 is 0. The Morgan fingerprint density at radius 2 is 1.50 bits per heavy atom. The third kappa shape index (κ3) is 1.94. The van der Waals surface area contributed by atoms with Crippen molar-refractivity contribution >= 4 is 17.1 Å². The fourth-order valence-electron chi connectivity index (χ4n) is 5.15. The highest BCUT2D eigenvalue weighted by molar-refractivity contribution is 5.99. The molecule has 1 N–H and O–H groups in total. The van der Waals surface area contributed by atoms with E-state index in [2.05, 4.69) is 58.6 Å². The molecule has 5 rings (SSSR count). The first-order chi connectivity index (χ1) is 11.9. The standard InChI is InChI=1S/C21H22N2O/c24-22-20-16-11-12-17(13-16)21(20)23-18-7-3-1-5-14(18)9-10-15-6-2-4-8-19(15)23/h1-8,16-17,21,24H,9-13H2/b22-20-/t16-,17+,21-/m0/s1. The minimum Gasteiger partial charge on any atom is -0.411 e. The number of benzene rings is 2. The van der Waals surface area contributed by atoms with Gasteiger partial charge < -0.3 is 10.1 Å². The first-order valence-electron chi connectivity index (χ1n) is 9.03. The molecule has 0 aromatic heterocycles. The van der Waals surface area contributed by atoms with E-state index >= 15 is 0 Å². The van der Waals surface area contributed by atoms with E-state index in [0.29, 0.717) is 11.8 Å². The van der Waals surface area contributed by atoms with Crippen LogP contribution in [0.4, 0.5) is 11.4 Å². The fraction of sp³-hybridized carbons (Fsp3) is 0.381. The first-order valence-corrected chi connectivity index (χ1v) is 9.03. The maximum absolute atomic E-state index is 9.72. The van der Waals surface area contributed by atoms with Crippen molar-refractivity contribution in [2.75, 3.05) is 4.90 Å². The monoisotopic (exact) mass is 318 g/mol.